The van der Waals surface area contributed by atoms with Gasteiger partial charge >= 0.3 is 0 Å². The molecule has 0 aliphatic carbocycles. The van der Waals surface area contributed by atoms with Crippen LogP contribution in [0.15, 0.2) is 59.5 Å². The molecule has 0 aromatic heterocycles. The van der Waals surface area contributed by atoms with Crippen LogP contribution < -0.4 is 5.32 Å². The van der Waals surface area contributed by atoms with Crippen LogP contribution in [0.5, 0.6) is 0 Å². The minimum Gasteiger partial charge on any atom is -0.343 e. The Hall–Kier alpha value is -2.71. The van der Waals surface area contributed by atoms with Crippen molar-refractivity contribution in [3.05, 3.63) is 65.7 Å². The maximum absolute atomic E-state index is 13.0. The van der Waals surface area contributed by atoms with Gasteiger partial charge in [-0.2, -0.15) is 4.31 Å². The van der Waals surface area contributed by atoms with Crippen molar-refractivity contribution in [2.45, 2.75) is 31.1 Å². The van der Waals surface area contributed by atoms with E-state index in [0.29, 0.717) is 24.6 Å². The van der Waals surface area contributed by atoms with Crippen LogP contribution in [0.1, 0.15) is 42.1 Å². The third-order valence-corrected chi connectivity index (χ3v) is 7.64. The average molecular weight is 444 g/mol. The Morgan fingerprint density at radius 1 is 0.968 bits per heavy atom. The molecule has 1 atom stereocenters. The largest absolute Gasteiger partial charge is 0.343 e. The average Bonchev–Trinajstić information content (AvgIpc) is 2.82. The van der Waals surface area contributed by atoms with Crippen molar-refractivity contribution in [1.82, 2.24) is 14.5 Å². The van der Waals surface area contributed by atoms with Crippen LogP contribution in [0.2, 0.25) is 0 Å². The maximum Gasteiger partial charge on any atom is 0.251 e. The molecule has 0 spiro atoms. The Balaban J connectivity index is 1.53. The number of rotatable bonds is 7. The molecule has 1 saturated heterocycles. The summed E-state index contributed by atoms with van der Waals surface area (Å²) in [6.07, 6.45) is 0.994. The van der Waals surface area contributed by atoms with Gasteiger partial charge in [-0.1, -0.05) is 44.2 Å². The monoisotopic (exact) mass is 443 g/mol. The van der Waals surface area contributed by atoms with Gasteiger partial charge in [0.1, 0.15) is 0 Å². The van der Waals surface area contributed by atoms with Crippen molar-refractivity contribution >= 4 is 21.8 Å². The fourth-order valence-corrected chi connectivity index (χ4v) is 4.91. The van der Waals surface area contributed by atoms with E-state index in [2.05, 4.69) is 19.2 Å². The number of nitrogens with zero attached hydrogens (tertiary/aromatic N) is 2. The molecule has 2 amide bonds. The Kier molecular flexibility index (Phi) is 7.46. The summed E-state index contributed by atoms with van der Waals surface area (Å²) < 4.78 is 27.3. The summed E-state index contributed by atoms with van der Waals surface area (Å²) in [6.45, 7) is 5.15. The van der Waals surface area contributed by atoms with Gasteiger partial charge in [0, 0.05) is 31.7 Å². The minimum atomic E-state index is -3.60. The highest BCUT2D eigenvalue weighted by atomic mass is 32.2. The zero-order valence-corrected chi connectivity index (χ0v) is 18.8. The molecule has 1 N–H and O–H groups in total. The summed E-state index contributed by atoms with van der Waals surface area (Å²) in [5.74, 6) is -0.149. The lowest BCUT2D eigenvalue weighted by Crippen LogP contribution is -2.52. The lowest BCUT2D eigenvalue weighted by atomic mass is 9.99. The second kappa shape index (κ2) is 10.1. The van der Waals surface area contributed by atoms with Crippen LogP contribution in [-0.2, 0) is 14.8 Å². The molecule has 1 unspecified atom stereocenters. The van der Waals surface area contributed by atoms with Crippen LogP contribution >= 0.6 is 0 Å². The van der Waals surface area contributed by atoms with Crippen molar-refractivity contribution in [3.8, 4) is 0 Å². The quantitative estimate of drug-likeness (QED) is 0.712. The standard InChI is InChI=1S/C23H29N3O4S/c1-3-18(2)19-9-11-21(12-10-19)31(29,30)26-15-13-25(14-16-26)22(27)17-24-23(28)20-7-5-4-6-8-20/h4-12,18H,3,13-17H2,1-2H3,(H,24,28). The summed E-state index contributed by atoms with van der Waals surface area (Å²) in [7, 11) is -3.60. The molecule has 1 fully saturated rings. The van der Waals surface area contributed by atoms with Gasteiger partial charge in [0.2, 0.25) is 15.9 Å². The second-order valence-corrected chi connectivity index (χ2v) is 9.65. The summed E-state index contributed by atoms with van der Waals surface area (Å²) >= 11 is 0. The highest BCUT2D eigenvalue weighted by Crippen LogP contribution is 2.23. The van der Waals surface area contributed by atoms with Crippen molar-refractivity contribution in [2.75, 3.05) is 32.7 Å². The van der Waals surface area contributed by atoms with E-state index in [1.54, 1.807) is 41.3 Å². The number of amides is 2. The molecule has 1 aliphatic rings. The van der Waals surface area contributed by atoms with Gasteiger partial charge < -0.3 is 10.2 Å². The fourth-order valence-electron chi connectivity index (χ4n) is 3.49. The predicted octanol–water partition coefficient (Wildman–Crippen LogP) is 2.46. The predicted molar refractivity (Wildman–Crippen MR) is 119 cm³/mol. The Morgan fingerprint density at radius 3 is 2.16 bits per heavy atom. The number of carbonyl (C=O) groups excluding carboxylic acids is 2. The van der Waals surface area contributed by atoms with Crippen molar-refractivity contribution in [1.29, 1.82) is 0 Å². The molecule has 3 rings (SSSR count). The zero-order valence-electron chi connectivity index (χ0n) is 18.0. The number of benzene rings is 2. The molecule has 1 aliphatic heterocycles. The molecular weight excluding hydrogens is 414 g/mol. The third-order valence-electron chi connectivity index (χ3n) is 5.73. The van der Waals surface area contributed by atoms with E-state index in [1.807, 2.05) is 18.2 Å². The third kappa shape index (κ3) is 5.51. The molecular formula is C23H29N3O4S. The molecule has 31 heavy (non-hydrogen) atoms. The minimum absolute atomic E-state index is 0.114. The Labute approximate surface area is 184 Å². The fraction of sp³-hybridized carbons (Fsp3) is 0.391. The first-order chi connectivity index (χ1) is 14.8. The highest BCUT2D eigenvalue weighted by Gasteiger charge is 2.30. The number of piperazine rings is 1. The number of sulfonamides is 1. The molecule has 8 heteroatoms. The first-order valence-corrected chi connectivity index (χ1v) is 12.0. The number of carbonyl (C=O) groups is 2. The maximum atomic E-state index is 13.0. The van der Waals surface area contributed by atoms with Crippen LogP contribution in [-0.4, -0.2) is 62.2 Å². The SMILES string of the molecule is CCC(C)c1ccc(S(=O)(=O)N2CCN(C(=O)CNC(=O)c3ccccc3)CC2)cc1. The van der Waals surface area contributed by atoms with Crippen LogP contribution in [0.4, 0.5) is 0 Å². The first kappa shape index (κ1) is 23.0. The van der Waals surface area contributed by atoms with Gasteiger partial charge in [-0.05, 0) is 42.2 Å². The van der Waals surface area contributed by atoms with Gasteiger partial charge in [-0.15, -0.1) is 0 Å². The van der Waals surface area contributed by atoms with Gasteiger partial charge in [0.05, 0.1) is 11.4 Å². The Morgan fingerprint density at radius 2 is 1.58 bits per heavy atom. The number of nitrogens with one attached hydrogen (secondary N) is 1. The molecule has 0 bridgehead atoms. The number of hydrogen-bond donors (Lipinski definition) is 1. The molecule has 0 radical (unpaired) electrons. The molecule has 2 aromatic carbocycles. The van der Waals surface area contributed by atoms with Crippen molar-refractivity contribution in [2.24, 2.45) is 0 Å². The van der Waals surface area contributed by atoms with E-state index >= 15 is 0 Å². The van der Waals surface area contributed by atoms with Crippen LogP contribution in [0.25, 0.3) is 0 Å². The lowest BCUT2D eigenvalue weighted by molar-refractivity contribution is -0.131. The molecule has 2 aromatic rings. The molecule has 1 heterocycles. The van der Waals surface area contributed by atoms with E-state index in [1.165, 1.54) is 4.31 Å². The van der Waals surface area contributed by atoms with E-state index in [0.717, 1.165) is 12.0 Å². The molecule has 166 valence electrons. The van der Waals surface area contributed by atoms with Gasteiger partial charge in [0.25, 0.3) is 5.91 Å². The van der Waals surface area contributed by atoms with Crippen LogP contribution in [0, 0.1) is 0 Å². The zero-order chi connectivity index (χ0) is 22.4. The van der Waals surface area contributed by atoms with Gasteiger partial charge in [-0.3, -0.25) is 9.59 Å². The highest BCUT2D eigenvalue weighted by molar-refractivity contribution is 7.89. The van der Waals surface area contributed by atoms with Crippen molar-refractivity contribution < 1.29 is 18.0 Å². The van der Waals surface area contributed by atoms with Gasteiger partial charge in [0.15, 0.2) is 0 Å². The topological polar surface area (TPSA) is 86.8 Å². The lowest BCUT2D eigenvalue weighted by Gasteiger charge is -2.34. The van der Waals surface area contributed by atoms with Crippen molar-refractivity contribution in [3.63, 3.8) is 0 Å². The van der Waals surface area contributed by atoms with E-state index in [9.17, 15) is 18.0 Å². The summed E-state index contributed by atoms with van der Waals surface area (Å²) in [6, 6.07) is 15.8. The van der Waals surface area contributed by atoms with E-state index in [-0.39, 0.29) is 36.3 Å². The normalized spacial score (nSPS) is 16.0. The first-order valence-electron chi connectivity index (χ1n) is 10.5. The summed E-state index contributed by atoms with van der Waals surface area (Å²) in [5.41, 5.74) is 1.61. The van der Waals surface area contributed by atoms with E-state index in [4.69, 9.17) is 0 Å². The molecule has 7 nitrogen and oxygen atoms in total. The smallest absolute Gasteiger partial charge is 0.251 e. The summed E-state index contributed by atoms with van der Waals surface area (Å²) in [5, 5.41) is 2.62. The number of hydrogen-bond acceptors (Lipinski definition) is 4. The van der Waals surface area contributed by atoms with Crippen LogP contribution in [0.3, 0.4) is 0 Å². The Bertz CT molecular complexity index is 999. The molecule has 0 saturated carbocycles. The van der Waals surface area contributed by atoms with Gasteiger partial charge in [-0.25, -0.2) is 8.42 Å². The summed E-state index contributed by atoms with van der Waals surface area (Å²) in [4.78, 5) is 26.4. The van der Waals surface area contributed by atoms with E-state index < -0.39 is 10.0 Å². The second-order valence-electron chi connectivity index (χ2n) is 7.71.